The monoisotopic (exact) mass is 578 g/mol. The number of carbonyl (C=O) groups excluding carboxylic acids is 3. The Morgan fingerprint density at radius 3 is 2.16 bits per heavy atom. The summed E-state index contributed by atoms with van der Waals surface area (Å²) in [5, 5.41) is 34.5. The van der Waals surface area contributed by atoms with Gasteiger partial charge in [-0.25, -0.2) is 4.79 Å². The Hall–Kier alpha value is -4.67. The second-order valence-electron chi connectivity index (χ2n) is 11.7. The van der Waals surface area contributed by atoms with Gasteiger partial charge in [-0.3, -0.25) is 9.59 Å². The van der Waals surface area contributed by atoms with E-state index in [1.165, 1.54) is 6.92 Å². The Morgan fingerprint density at radius 2 is 1.60 bits per heavy atom. The molecule has 4 aliphatic rings. The van der Waals surface area contributed by atoms with Gasteiger partial charge in [-0.1, -0.05) is 32.9 Å². The Labute approximate surface area is 251 Å². The molecule has 0 radical (unpaired) electrons. The highest BCUT2D eigenvalue weighted by Crippen LogP contribution is 2.77. The van der Waals surface area contributed by atoms with Gasteiger partial charge in [0.15, 0.2) is 11.4 Å². The quantitative estimate of drug-likeness (QED) is 0.193. The van der Waals surface area contributed by atoms with E-state index in [-0.39, 0.29) is 12.0 Å². The molecule has 0 saturated heterocycles. The van der Waals surface area contributed by atoms with Crippen molar-refractivity contribution in [2.45, 2.75) is 63.9 Å². The molecule has 8 atom stereocenters. The highest BCUT2D eigenvalue weighted by atomic mass is 16.6. The van der Waals surface area contributed by atoms with Gasteiger partial charge < -0.3 is 24.8 Å². The van der Waals surface area contributed by atoms with Crippen molar-refractivity contribution < 1.29 is 39.2 Å². The van der Waals surface area contributed by atoms with Crippen LogP contribution in [0.25, 0.3) is 0 Å². The molecule has 0 aliphatic heterocycles. The molecule has 0 unspecified atom stereocenters. The number of hydrogen-bond donors (Lipinski definition) is 3. The number of carbonyl (C=O) groups is 3. The van der Waals surface area contributed by atoms with E-state index in [0.717, 1.165) is 0 Å². The molecule has 2 saturated carbocycles. The van der Waals surface area contributed by atoms with E-state index in [1.54, 1.807) is 26.0 Å². The van der Waals surface area contributed by atoms with Gasteiger partial charge in [-0.2, -0.15) is 0 Å². The zero-order chi connectivity index (χ0) is 31.8. The molecule has 4 rings (SSSR count). The number of fused-ring (bicyclic) bond motifs is 5. The molecule has 218 valence electrons. The fourth-order valence-corrected chi connectivity index (χ4v) is 7.54. The van der Waals surface area contributed by atoms with Crippen LogP contribution in [0.3, 0.4) is 0 Å². The third kappa shape index (κ3) is 4.82. The maximum absolute atomic E-state index is 13.2. The van der Waals surface area contributed by atoms with Crippen LogP contribution in [0.4, 0.5) is 0 Å². The number of rotatable bonds is 3. The van der Waals surface area contributed by atoms with Crippen molar-refractivity contribution in [3.63, 3.8) is 0 Å². The lowest BCUT2D eigenvalue weighted by Crippen LogP contribution is -2.66. The molecule has 0 aromatic rings. The minimum Gasteiger partial charge on any atom is -0.454 e. The van der Waals surface area contributed by atoms with Crippen molar-refractivity contribution in [3.05, 3.63) is 23.3 Å². The van der Waals surface area contributed by atoms with E-state index >= 15 is 0 Å². The molecule has 0 bridgehead atoms. The van der Waals surface area contributed by atoms with Crippen LogP contribution < -0.4 is 0 Å². The first kappa shape index (κ1) is 31.3. The topological polar surface area (TPSA) is 130 Å². The molecule has 3 N–H and O–H groups in total. The van der Waals surface area contributed by atoms with Crippen molar-refractivity contribution >= 4 is 17.7 Å². The molecule has 8 nitrogen and oxygen atoms in total. The van der Waals surface area contributed by atoms with E-state index in [9.17, 15) is 29.7 Å². The van der Waals surface area contributed by atoms with Crippen molar-refractivity contribution in [2.75, 3.05) is 6.61 Å². The summed E-state index contributed by atoms with van der Waals surface area (Å²) in [4.78, 5) is 38.6. The lowest BCUT2D eigenvalue weighted by molar-refractivity contribution is -0.226. The highest BCUT2D eigenvalue weighted by molar-refractivity contribution is 6.04. The van der Waals surface area contributed by atoms with Gasteiger partial charge in [0.05, 0.1) is 12.2 Å². The highest BCUT2D eigenvalue weighted by Gasteiger charge is 2.87. The summed E-state index contributed by atoms with van der Waals surface area (Å²) in [6, 6.07) is 0. The average molecular weight is 579 g/mol. The van der Waals surface area contributed by atoms with E-state index in [4.69, 9.17) is 15.9 Å². The van der Waals surface area contributed by atoms with Crippen LogP contribution in [0.1, 0.15) is 41.0 Å². The van der Waals surface area contributed by atoms with Gasteiger partial charge in [0, 0.05) is 48.4 Å². The number of Topliss-reactive ketones (excluding diaryl/α,β-unsaturated/α-hetero) is 1. The third-order valence-corrected chi connectivity index (χ3v) is 9.24. The molecule has 0 amide bonds. The first-order valence-electron chi connectivity index (χ1n) is 13.6. The second-order valence-corrected chi connectivity index (χ2v) is 11.7. The standard InChI is InChI=1S/C35H30O8/c1-7-8-9-10-11-12-13-14-15-16-17-28(38)42-31-23(3)34(41)26(29-32(5,6)35(29,31)43-24(4)37)19-25(21-36)20-33(40)27(34)18-22(2)30(33)39/h1,18-19,23,26-27,29,31,36,40-41H,20-21H2,2-6H3/t23-,26+,27-,29-,31-,33-,34-,35-/m1/s1. The predicted molar refractivity (Wildman–Crippen MR) is 154 cm³/mol. The molecule has 4 aliphatic carbocycles. The lowest BCUT2D eigenvalue weighted by atomic mass is 9.59. The number of hydrogen-bond acceptors (Lipinski definition) is 8. The summed E-state index contributed by atoms with van der Waals surface area (Å²) in [6.45, 7) is 7.66. The number of ketones is 1. The van der Waals surface area contributed by atoms with E-state index in [2.05, 4.69) is 65.1 Å². The Bertz CT molecular complexity index is 1710. The van der Waals surface area contributed by atoms with Gasteiger partial charge in [-0.15, -0.1) is 6.42 Å². The van der Waals surface area contributed by atoms with E-state index in [1.807, 2.05) is 13.8 Å². The Morgan fingerprint density at radius 1 is 1.02 bits per heavy atom. The van der Waals surface area contributed by atoms with Gasteiger partial charge in [0.2, 0.25) is 0 Å². The molecule has 0 spiro atoms. The van der Waals surface area contributed by atoms with Crippen molar-refractivity contribution in [1.29, 1.82) is 0 Å². The van der Waals surface area contributed by atoms with Crippen LogP contribution in [0.2, 0.25) is 0 Å². The Kier molecular flexibility index (Phi) is 8.14. The zero-order valence-electron chi connectivity index (χ0n) is 24.4. The van der Waals surface area contributed by atoms with Gasteiger partial charge in [0.25, 0.3) is 0 Å². The first-order valence-corrected chi connectivity index (χ1v) is 13.6. The number of esters is 2. The molecule has 8 heteroatoms. The van der Waals surface area contributed by atoms with E-state index in [0.29, 0.717) is 5.57 Å². The summed E-state index contributed by atoms with van der Waals surface area (Å²) < 4.78 is 11.8. The SMILES string of the molecule is C#CC#CC#CC#CC#CC#CC(=O)O[C@@H]1[C@@H](C)[C@@]2(O)[C@@H](C=C(CO)C[C@]3(O)C(=O)C(C)=C[C@@H]23)[C@@H]2C(C)(C)[C@]12OC(C)=O. The lowest BCUT2D eigenvalue weighted by Gasteiger charge is -2.52. The minimum atomic E-state index is -2.01. The number of aliphatic hydroxyl groups is 3. The average Bonchev–Trinajstić information content (AvgIpc) is 3.37. The third-order valence-electron chi connectivity index (χ3n) is 9.24. The predicted octanol–water partition coefficient (Wildman–Crippen LogP) is 0.702. The van der Waals surface area contributed by atoms with Crippen LogP contribution in [-0.2, 0) is 23.9 Å². The fraction of sp³-hybridized carbons (Fsp3) is 0.457. The van der Waals surface area contributed by atoms with Gasteiger partial charge >= 0.3 is 11.9 Å². The maximum Gasteiger partial charge on any atom is 0.385 e. The van der Waals surface area contributed by atoms with Crippen LogP contribution in [0, 0.1) is 101 Å². The van der Waals surface area contributed by atoms with Crippen molar-refractivity contribution in [3.8, 4) is 71.5 Å². The number of aliphatic hydroxyl groups excluding tert-OH is 1. The first-order chi connectivity index (χ1) is 20.2. The summed E-state index contributed by atoms with van der Waals surface area (Å²) in [6.07, 6.45) is 6.83. The molecular weight excluding hydrogens is 548 g/mol. The van der Waals surface area contributed by atoms with Crippen LogP contribution in [-0.4, -0.2) is 62.6 Å². The minimum absolute atomic E-state index is 0.179. The van der Waals surface area contributed by atoms with Crippen molar-refractivity contribution in [1.82, 2.24) is 0 Å². The zero-order valence-corrected chi connectivity index (χ0v) is 24.4. The van der Waals surface area contributed by atoms with Gasteiger partial charge in [-0.05, 0) is 77.3 Å². The van der Waals surface area contributed by atoms with Crippen LogP contribution in [0.5, 0.6) is 0 Å². The molecule has 43 heavy (non-hydrogen) atoms. The molecule has 2 fully saturated rings. The largest absolute Gasteiger partial charge is 0.454 e. The maximum atomic E-state index is 13.2. The number of terminal acetylenes is 1. The summed E-state index contributed by atoms with van der Waals surface area (Å²) >= 11 is 0. The molecule has 0 heterocycles. The molecule has 0 aromatic heterocycles. The normalized spacial score (nSPS) is 35.2. The Balaban J connectivity index is 1.74. The second kappa shape index (κ2) is 11.2. The number of ether oxygens (including phenoxy) is 2. The van der Waals surface area contributed by atoms with E-state index < -0.39 is 76.3 Å². The van der Waals surface area contributed by atoms with Crippen LogP contribution >= 0.6 is 0 Å². The van der Waals surface area contributed by atoms with Crippen LogP contribution in [0.15, 0.2) is 23.3 Å². The molecule has 0 aromatic carbocycles. The summed E-state index contributed by atoms with van der Waals surface area (Å²) in [5.74, 6) is 20.4. The van der Waals surface area contributed by atoms with Gasteiger partial charge in [0.1, 0.15) is 11.7 Å². The fourth-order valence-electron chi connectivity index (χ4n) is 7.54. The summed E-state index contributed by atoms with van der Waals surface area (Å²) in [5.41, 5.74) is -5.36. The smallest absolute Gasteiger partial charge is 0.385 e. The molecular formula is C35H30O8. The summed E-state index contributed by atoms with van der Waals surface area (Å²) in [7, 11) is 0. The van der Waals surface area contributed by atoms with Crippen molar-refractivity contribution in [2.24, 2.45) is 29.1 Å².